The van der Waals surface area contributed by atoms with Crippen LogP contribution in [-0.4, -0.2) is 56.5 Å². The van der Waals surface area contributed by atoms with E-state index in [4.69, 9.17) is 22.1 Å². The third kappa shape index (κ3) is 4.98. The summed E-state index contributed by atoms with van der Waals surface area (Å²) in [6.45, 7) is 4.78. The molecule has 2 aliphatic heterocycles. The summed E-state index contributed by atoms with van der Waals surface area (Å²) in [5.74, 6) is 0.975. The Hall–Kier alpha value is -3.18. The first kappa shape index (κ1) is 26.1. The topological polar surface area (TPSA) is 119 Å². The number of anilines is 1. The molecule has 2 aliphatic rings. The summed E-state index contributed by atoms with van der Waals surface area (Å²) in [6, 6.07) is 10.5. The van der Waals surface area contributed by atoms with Crippen LogP contribution in [0.4, 0.5) is 5.82 Å². The molecule has 0 saturated carbocycles. The Morgan fingerprint density at radius 2 is 2.00 bits per heavy atom. The number of aromatic hydroxyl groups is 1. The predicted octanol–water partition coefficient (Wildman–Crippen LogP) is 4.08. The summed E-state index contributed by atoms with van der Waals surface area (Å²) in [5, 5.41) is 11.1. The first-order valence-corrected chi connectivity index (χ1v) is 14.1. The van der Waals surface area contributed by atoms with Gasteiger partial charge in [0.15, 0.2) is 0 Å². The molecular formula is C28H29ClN6O3S. The van der Waals surface area contributed by atoms with Gasteiger partial charge in [-0.1, -0.05) is 35.5 Å². The molecule has 4 aromatic rings. The van der Waals surface area contributed by atoms with E-state index in [1.54, 1.807) is 36.7 Å². The number of halogens is 1. The summed E-state index contributed by atoms with van der Waals surface area (Å²) in [7, 11) is 0. The molecule has 3 N–H and O–H groups in total. The molecule has 11 heteroatoms. The summed E-state index contributed by atoms with van der Waals surface area (Å²) in [4.78, 5) is 30.0. The maximum Gasteiger partial charge on any atom is 0.263 e. The molecule has 2 saturated heterocycles. The highest BCUT2D eigenvalue weighted by Gasteiger charge is 2.47. The number of phenols is 1. The number of phenolic OH excluding ortho intramolecular Hbond substituents is 1. The maximum atomic E-state index is 13.3. The Morgan fingerprint density at radius 3 is 2.69 bits per heavy atom. The standard InChI is InChI=1S/C28H29ClN6O3S/c1-17-26(30)28(15-38-17)7-9-34(10-8-28)22-12-32-23(13-31-22)39-21-6-5-20-24(25(21)29)27(37)35(16-33-20)14-18-3-2-4-19(36)11-18/h2-6,11-13,16-17,26,36H,7-10,14-15,30H2,1H3/t17-,26+/m0/s1. The smallest absolute Gasteiger partial charge is 0.263 e. The SMILES string of the molecule is C[C@@H]1OCC2(CCN(c3cnc(Sc4ccc5ncn(Cc6cccc(O)c6)c(=O)c5c4Cl)cn3)CC2)[C@@H]1N. The lowest BCUT2D eigenvalue weighted by Gasteiger charge is -2.41. The van der Waals surface area contributed by atoms with Gasteiger partial charge in [-0.25, -0.2) is 15.0 Å². The van der Waals surface area contributed by atoms with Crippen molar-refractivity contribution >= 4 is 40.1 Å². The molecule has 0 aliphatic carbocycles. The lowest BCUT2D eigenvalue weighted by atomic mass is 9.73. The molecule has 2 fully saturated rings. The van der Waals surface area contributed by atoms with Gasteiger partial charge in [0.2, 0.25) is 0 Å². The van der Waals surface area contributed by atoms with Crippen molar-refractivity contribution in [3.8, 4) is 5.75 Å². The van der Waals surface area contributed by atoms with Crippen LogP contribution in [0.2, 0.25) is 5.02 Å². The average molecular weight is 565 g/mol. The molecule has 39 heavy (non-hydrogen) atoms. The van der Waals surface area contributed by atoms with E-state index < -0.39 is 0 Å². The van der Waals surface area contributed by atoms with E-state index in [1.165, 1.54) is 22.7 Å². The highest BCUT2D eigenvalue weighted by molar-refractivity contribution is 7.99. The molecule has 6 rings (SSSR count). The second kappa shape index (κ2) is 10.4. The van der Waals surface area contributed by atoms with Crippen molar-refractivity contribution in [2.45, 2.75) is 48.4 Å². The van der Waals surface area contributed by atoms with Crippen molar-refractivity contribution < 1.29 is 9.84 Å². The van der Waals surface area contributed by atoms with Crippen LogP contribution in [0.3, 0.4) is 0 Å². The van der Waals surface area contributed by atoms with Crippen molar-refractivity contribution in [1.29, 1.82) is 0 Å². The van der Waals surface area contributed by atoms with Gasteiger partial charge in [0.25, 0.3) is 5.56 Å². The number of nitrogens with zero attached hydrogens (tertiary/aromatic N) is 5. The number of fused-ring (bicyclic) bond motifs is 1. The van der Waals surface area contributed by atoms with Crippen LogP contribution in [0, 0.1) is 5.41 Å². The predicted molar refractivity (Wildman–Crippen MR) is 152 cm³/mol. The van der Waals surface area contributed by atoms with Crippen LogP contribution in [-0.2, 0) is 11.3 Å². The van der Waals surface area contributed by atoms with Crippen molar-refractivity contribution in [2.24, 2.45) is 11.1 Å². The van der Waals surface area contributed by atoms with E-state index >= 15 is 0 Å². The van der Waals surface area contributed by atoms with Gasteiger partial charge in [0.1, 0.15) is 16.6 Å². The van der Waals surface area contributed by atoms with Gasteiger partial charge in [-0.3, -0.25) is 9.36 Å². The van der Waals surface area contributed by atoms with Crippen LogP contribution < -0.4 is 16.2 Å². The van der Waals surface area contributed by atoms with Crippen LogP contribution in [0.15, 0.2) is 69.8 Å². The van der Waals surface area contributed by atoms with Crippen molar-refractivity contribution in [1.82, 2.24) is 19.5 Å². The average Bonchev–Trinajstić information content (AvgIpc) is 3.21. The zero-order valence-electron chi connectivity index (χ0n) is 21.5. The molecular weight excluding hydrogens is 536 g/mol. The van der Waals surface area contributed by atoms with Crippen molar-refractivity contribution in [2.75, 3.05) is 24.6 Å². The Bertz CT molecular complexity index is 1570. The van der Waals surface area contributed by atoms with Crippen LogP contribution >= 0.6 is 23.4 Å². The summed E-state index contributed by atoms with van der Waals surface area (Å²) in [6.07, 6.45) is 7.07. The summed E-state index contributed by atoms with van der Waals surface area (Å²) < 4.78 is 7.32. The molecule has 9 nitrogen and oxygen atoms in total. The van der Waals surface area contributed by atoms with Gasteiger partial charge in [0.05, 0.1) is 53.9 Å². The lowest BCUT2D eigenvalue weighted by Crippen LogP contribution is -2.50. The highest BCUT2D eigenvalue weighted by Crippen LogP contribution is 2.42. The van der Waals surface area contributed by atoms with E-state index in [2.05, 4.69) is 26.8 Å². The fourth-order valence-electron chi connectivity index (χ4n) is 5.52. The number of hydrogen-bond acceptors (Lipinski definition) is 9. The molecule has 0 amide bonds. The number of aromatic nitrogens is 4. The normalized spacial score (nSPS) is 20.6. The Balaban J connectivity index is 1.18. The molecule has 0 bridgehead atoms. The number of hydrogen-bond donors (Lipinski definition) is 2. The maximum absolute atomic E-state index is 13.3. The van der Waals surface area contributed by atoms with Gasteiger partial charge < -0.3 is 20.5 Å². The lowest BCUT2D eigenvalue weighted by molar-refractivity contribution is 0.0974. The van der Waals surface area contributed by atoms with Gasteiger partial charge in [-0.2, -0.15) is 0 Å². The molecule has 1 spiro atoms. The zero-order chi connectivity index (χ0) is 27.1. The van der Waals surface area contributed by atoms with Gasteiger partial charge >= 0.3 is 0 Å². The molecule has 2 aromatic carbocycles. The first-order valence-electron chi connectivity index (χ1n) is 12.9. The van der Waals surface area contributed by atoms with E-state index in [-0.39, 0.29) is 35.4 Å². The quantitative estimate of drug-likeness (QED) is 0.369. The fourth-order valence-corrected chi connectivity index (χ4v) is 6.64. The second-order valence-electron chi connectivity index (χ2n) is 10.3. The minimum Gasteiger partial charge on any atom is -0.508 e. The first-order chi connectivity index (χ1) is 18.8. The van der Waals surface area contributed by atoms with Crippen LogP contribution in [0.25, 0.3) is 10.9 Å². The molecule has 2 atom stereocenters. The van der Waals surface area contributed by atoms with Gasteiger partial charge in [-0.05, 0) is 49.6 Å². The Morgan fingerprint density at radius 1 is 1.18 bits per heavy atom. The van der Waals surface area contributed by atoms with Crippen molar-refractivity contribution in [3.63, 3.8) is 0 Å². The summed E-state index contributed by atoms with van der Waals surface area (Å²) >= 11 is 8.09. The van der Waals surface area contributed by atoms with E-state index in [0.717, 1.165) is 43.9 Å². The van der Waals surface area contributed by atoms with E-state index in [0.29, 0.717) is 25.8 Å². The van der Waals surface area contributed by atoms with Crippen molar-refractivity contribution in [3.05, 3.63) is 76.1 Å². The number of piperidine rings is 1. The number of rotatable bonds is 5. The summed E-state index contributed by atoms with van der Waals surface area (Å²) in [5.41, 5.74) is 7.57. The molecule has 0 radical (unpaired) electrons. The third-order valence-corrected chi connectivity index (χ3v) is 9.40. The number of benzene rings is 2. The largest absolute Gasteiger partial charge is 0.508 e. The van der Waals surface area contributed by atoms with Gasteiger partial charge in [-0.15, -0.1) is 0 Å². The number of ether oxygens (including phenoxy) is 1. The molecule has 4 heterocycles. The van der Waals surface area contributed by atoms with Crippen LogP contribution in [0.1, 0.15) is 25.3 Å². The minimum absolute atomic E-state index is 0.0578. The molecule has 202 valence electrons. The minimum atomic E-state index is -0.248. The van der Waals surface area contributed by atoms with Crippen LogP contribution in [0.5, 0.6) is 5.75 Å². The third-order valence-electron chi connectivity index (χ3n) is 7.92. The van der Waals surface area contributed by atoms with E-state index in [1.807, 2.05) is 12.1 Å². The van der Waals surface area contributed by atoms with E-state index in [9.17, 15) is 9.90 Å². The number of nitrogens with two attached hydrogens (primary N) is 1. The molecule has 0 unspecified atom stereocenters. The highest BCUT2D eigenvalue weighted by atomic mass is 35.5. The Kier molecular flexibility index (Phi) is 6.96. The fraction of sp³-hybridized carbons (Fsp3) is 0.357. The zero-order valence-corrected chi connectivity index (χ0v) is 23.0. The second-order valence-corrected chi connectivity index (χ2v) is 11.8. The monoisotopic (exact) mass is 564 g/mol. The van der Waals surface area contributed by atoms with Gasteiger partial charge in [0, 0.05) is 29.4 Å². The molecule has 2 aromatic heterocycles. The Labute approximate surface area is 235 Å².